The molecule has 0 rings (SSSR count). The number of carbonyl (C=O) groups excluding carboxylic acids is 3. The van der Waals surface area contributed by atoms with E-state index in [-0.39, 0.29) is 30.9 Å². The second kappa shape index (κ2) is 32.2. The maximum Gasteiger partial charge on any atom is 0.328 e. The molecule has 0 aromatic carbocycles. The second-order valence-electron chi connectivity index (χ2n) is 11.2. The second-order valence-corrected chi connectivity index (χ2v) is 11.2. The summed E-state index contributed by atoms with van der Waals surface area (Å²) in [6.45, 7) is 3.22. The van der Waals surface area contributed by atoms with Gasteiger partial charge < -0.3 is 25.6 Å². The van der Waals surface area contributed by atoms with E-state index >= 15 is 0 Å². The molecule has 2 atom stereocenters. The summed E-state index contributed by atoms with van der Waals surface area (Å²) < 4.78 is 5.79. The zero-order valence-electron chi connectivity index (χ0n) is 28.7. The van der Waals surface area contributed by atoms with Crippen LogP contribution in [0.25, 0.3) is 0 Å². The van der Waals surface area contributed by atoms with E-state index in [0.29, 0.717) is 25.7 Å². The van der Waals surface area contributed by atoms with E-state index in [0.717, 1.165) is 57.8 Å². The van der Waals surface area contributed by atoms with Gasteiger partial charge in [0.05, 0.1) is 13.2 Å². The van der Waals surface area contributed by atoms with Crippen molar-refractivity contribution in [2.45, 2.75) is 129 Å². The maximum absolute atomic E-state index is 12.5. The van der Waals surface area contributed by atoms with Crippen LogP contribution in [0, 0.1) is 0 Å². The monoisotopic (exact) mass is 656 g/mol. The van der Waals surface area contributed by atoms with Crippen molar-refractivity contribution in [3.05, 3.63) is 72.9 Å². The number of rotatable bonds is 29. The smallest absolute Gasteiger partial charge is 0.328 e. The first kappa shape index (κ1) is 43.3. The molecule has 9 heteroatoms. The van der Waals surface area contributed by atoms with Crippen LogP contribution in [-0.4, -0.2) is 59.3 Å². The SMILES string of the molecule is CC/C=C\C/C=C\C/C=C\C/C=C\CCC(=O)OC(/C=C\C/C=C\CCCC)CCCCCCC(=O)NCC(=O)NC(CO)C(=O)O. The number of hydrogen-bond acceptors (Lipinski definition) is 6. The Morgan fingerprint density at radius 1 is 0.681 bits per heavy atom. The first-order valence-corrected chi connectivity index (χ1v) is 17.3. The number of aliphatic hydroxyl groups excluding tert-OH is 1. The number of allylic oxidation sites excluding steroid dienone is 11. The summed E-state index contributed by atoms with van der Waals surface area (Å²) in [5.41, 5.74) is 0. The van der Waals surface area contributed by atoms with Crippen LogP contribution in [0.1, 0.15) is 117 Å². The Hall–Kier alpha value is -3.72. The fourth-order valence-corrected chi connectivity index (χ4v) is 4.25. The molecule has 0 fully saturated rings. The standard InChI is InChI=1S/C38H60N2O7/c1-3-5-7-9-11-12-13-14-15-16-18-20-26-30-37(44)47-33(27-23-19-17-10-8-6-4-2)28-24-21-22-25-29-35(42)39-31-36(43)40-34(32-41)38(45)46/h5,7,10-12,14-15,17-18,20,23,27,33-34,41H,3-4,6,8-9,13,16,19,21-22,24-26,28-32H2,1-2H3,(H,39,42)(H,40,43)(H,45,46)/b7-5-,12-11-,15-14-,17-10-,20-18-,27-23-. The van der Waals surface area contributed by atoms with Crippen LogP contribution in [0.2, 0.25) is 0 Å². The molecule has 0 aromatic heterocycles. The molecular formula is C38H60N2O7. The maximum atomic E-state index is 12.5. The fraction of sp³-hybridized carbons (Fsp3) is 0.579. The molecule has 2 amide bonds. The van der Waals surface area contributed by atoms with Gasteiger partial charge in [-0.1, -0.05) is 106 Å². The molecule has 0 aliphatic carbocycles. The largest absolute Gasteiger partial charge is 0.480 e. The summed E-state index contributed by atoms with van der Waals surface area (Å²) in [6, 6.07) is -1.40. The number of esters is 1. The molecule has 0 saturated heterocycles. The Bertz CT molecular complexity index is 1030. The van der Waals surface area contributed by atoms with Crippen LogP contribution in [0.5, 0.6) is 0 Å². The van der Waals surface area contributed by atoms with E-state index in [2.05, 4.69) is 79.2 Å². The summed E-state index contributed by atoms with van der Waals surface area (Å²) in [5, 5.41) is 22.4. The van der Waals surface area contributed by atoms with E-state index < -0.39 is 24.5 Å². The van der Waals surface area contributed by atoms with E-state index in [4.69, 9.17) is 14.9 Å². The lowest BCUT2D eigenvalue weighted by molar-refractivity contribution is -0.147. The number of carboxylic acids is 1. The average molecular weight is 657 g/mol. The van der Waals surface area contributed by atoms with Gasteiger partial charge >= 0.3 is 11.9 Å². The molecule has 4 N–H and O–H groups in total. The van der Waals surface area contributed by atoms with Gasteiger partial charge in [0.2, 0.25) is 11.8 Å². The predicted octanol–water partition coefficient (Wildman–Crippen LogP) is 7.19. The zero-order chi connectivity index (χ0) is 34.8. The van der Waals surface area contributed by atoms with Crippen molar-refractivity contribution < 1.29 is 34.1 Å². The van der Waals surface area contributed by atoms with Gasteiger partial charge in [0.1, 0.15) is 12.1 Å². The highest BCUT2D eigenvalue weighted by Crippen LogP contribution is 2.13. The van der Waals surface area contributed by atoms with Gasteiger partial charge in [0.15, 0.2) is 0 Å². The molecule has 47 heavy (non-hydrogen) atoms. The van der Waals surface area contributed by atoms with Crippen molar-refractivity contribution in [1.29, 1.82) is 0 Å². The van der Waals surface area contributed by atoms with Crippen LogP contribution < -0.4 is 10.6 Å². The van der Waals surface area contributed by atoms with Crippen molar-refractivity contribution in [1.82, 2.24) is 10.6 Å². The number of aliphatic hydroxyl groups is 1. The Labute approximate surface area is 283 Å². The number of amides is 2. The molecule has 0 aliphatic heterocycles. The number of carbonyl (C=O) groups is 4. The minimum atomic E-state index is -1.40. The normalized spacial score (nSPS) is 13.4. The molecule has 0 aromatic rings. The first-order valence-electron chi connectivity index (χ1n) is 17.3. The molecule has 0 radical (unpaired) electrons. The Morgan fingerprint density at radius 2 is 1.28 bits per heavy atom. The minimum Gasteiger partial charge on any atom is -0.480 e. The van der Waals surface area contributed by atoms with E-state index in [1.165, 1.54) is 12.8 Å². The molecule has 264 valence electrons. The molecule has 2 unspecified atom stereocenters. The van der Waals surface area contributed by atoms with Crippen LogP contribution in [-0.2, 0) is 23.9 Å². The summed E-state index contributed by atoms with van der Waals surface area (Å²) in [4.78, 5) is 47.2. The summed E-state index contributed by atoms with van der Waals surface area (Å²) in [6.07, 6.45) is 38.2. The van der Waals surface area contributed by atoms with Gasteiger partial charge in [-0.05, 0) is 70.3 Å². The van der Waals surface area contributed by atoms with Crippen LogP contribution in [0.4, 0.5) is 0 Å². The quantitative estimate of drug-likeness (QED) is 0.0379. The lowest BCUT2D eigenvalue weighted by atomic mass is 10.1. The third kappa shape index (κ3) is 29.4. The summed E-state index contributed by atoms with van der Waals surface area (Å²) in [7, 11) is 0. The van der Waals surface area contributed by atoms with Crippen molar-refractivity contribution >= 4 is 23.8 Å². The van der Waals surface area contributed by atoms with Gasteiger partial charge in [-0.15, -0.1) is 0 Å². The topological polar surface area (TPSA) is 142 Å². The Morgan fingerprint density at radius 3 is 1.89 bits per heavy atom. The molecule has 9 nitrogen and oxygen atoms in total. The van der Waals surface area contributed by atoms with E-state index in [1.54, 1.807) is 0 Å². The van der Waals surface area contributed by atoms with Crippen LogP contribution in [0.3, 0.4) is 0 Å². The third-order valence-electron chi connectivity index (χ3n) is 6.94. The van der Waals surface area contributed by atoms with Gasteiger partial charge in [0.25, 0.3) is 0 Å². The average Bonchev–Trinajstić information content (AvgIpc) is 3.05. The number of carboxylic acid groups (broad SMARTS) is 1. The van der Waals surface area contributed by atoms with Crippen molar-refractivity contribution in [3.8, 4) is 0 Å². The lowest BCUT2D eigenvalue weighted by Crippen LogP contribution is -2.47. The molecule has 0 heterocycles. The van der Waals surface area contributed by atoms with Crippen molar-refractivity contribution in [3.63, 3.8) is 0 Å². The lowest BCUT2D eigenvalue weighted by Gasteiger charge is -2.14. The van der Waals surface area contributed by atoms with Gasteiger partial charge in [-0.2, -0.15) is 0 Å². The van der Waals surface area contributed by atoms with Crippen LogP contribution >= 0.6 is 0 Å². The van der Waals surface area contributed by atoms with Crippen molar-refractivity contribution in [2.75, 3.05) is 13.2 Å². The molecule has 0 bridgehead atoms. The van der Waals surface area contributed by atoms with E-state index in [1.807, 2.05) is 18.2 Å². The minimum absolute atomic E-state index is 0.213. The molecular weight excluding hydrogens is 596 g/mol. The zero-order valence-corrected chi connectivity index (χ0v) is 28.7. The Kier molecular flexibility index (Phi) is 29.7. The third-order valence-corrected chi connectivity index (χ3v) is 6.94. The first-order chi connectivity index (χ1) is 22.8. The highest BCUT2D eigenvalue weighted by atomic mass is 16.5. The highest BCUT2D eigenvalue weighted by Gasteiger charge is 2.18. The molecule has 0 spiro atoms. The molecule has 0 aliphatic rings. The van der Waals surface area contributed by atoms with Gasteiger partial charge in [-0.3, -0.25) is 14.4 Å². The number of aliphatic carboxylic acids is 1. The number of unbranched alkanes of at least 4 members (excludes halogenated alkanes) is 5. The van der Waals surface area contributed by atoms with Crippen molar-refractivity contribution in [2.24, 2.45) is 0 Å². The van der Waals surface area contributed by atoms with E-state index in [9.17, 15) is 19.2 Å². The highest BCUT2D eigenvalue weighted by molar-refractivity contribution is 5.87. The number of nitrogens with one attached hydrogen (secondary N) is 2. The Balaban J connectivity index is 4.46. The van der Waals surface area contributed by atoms with Gasteiger partial charge in [-0.25, -0.2) is 4.79 Å². The predicted molar refractivity (Wildman–Crippen MR) is 190 cm³/mol. The molecule has 0 saturated carbocycles. The summed E-state index contributed by atoms with van der Waals surface area (Å²) in [5.74, 6) is -2.54. The number of ether oxygens (including phenoxy) is 1. The fourth-order valence-electron chi connectivity index (χ4n) is 4.25. The van der Waals surface area contributed by atoms with Crippen LogP contribution in [0.15, 0.2) is 72.9 Å². The van der Waals surface area contributed by atoms with Gasteiger partial charge in [0, 0.05) is 12.8 Å². The summed E-state index contributed by atoms with van der Waals surface area (Å²) >= 11 is 0. The number of hydrogen-bond donors (Lipinski definition) is 4.